The van der Waals surface area contributed by atoms with Crippen LogP contribution in [-0.4, -0.2) is 51.8 Å². The molecule has 0 unspecified atom stereocenters. The zero-order valence-corrected chi connectivity index (χ0v) is 18.9. The minimum absolute atomic E-state index is 0.0885. The zero-order valence-electron chi connectivity index (χ0n) is 18.9. The average molecular weight is 427 g/mol. The normalized spacial score (nSPS) is 14.8. The van der Waals surface area contributed by atoms with Crippen LogP contribution >= 0.6 is 0 Å². The number of ether oxygens (including phenoxy) is 3. The number of nitrogens with zero attached hydrogens (tertiary/aromatic N) is 1. The first-order valence-electron chi connectivity index (χ1n) is 10.9. The number of aryl methyl sites for hydroxylation is 1. The number of hydrogen-bond acceptors (Lipinski definition) is 5. The Morgan fingerprint density at radius 3 is 2.39 bits per heavy atom. The Morgan fingerprint density at radius 2 is 1.74 bits per heavy atom. The van der Waals surface area contributed by atoms with E-state index in [0.29, 0.717) is 30.3 Å². The van der Waals surface area contributed by atoms with Crippen molar-refractivity contribution in [3.8, 4) is 17.2 Å². The molecule has 0 aliphatic carbocycles. The van der Waals surface area contributed by atoms with Gasteiger partial charge in [-0.15, -0.1) is 0 Å². The van der Waals surface area contributed by atoms with E-state index in [0.717, 1.165) is 50.3 Å². The van der Waals surface area contributed by atoms with Gasteiger partial charge in [-0.25, -0.2) is 0 Å². The van der Waals surface area contributed by atoms with Gasteiger partial charge in [-0.2, -0.15) is 0 Å². The average Bonchev–Trinajstić information content (AvgIpc) is 2.82. The summed E-state index contributed by atoms with van der Waals surface area (Å²) in [5.41, 5.74) is 2.30. The number of piperidine rings is 1. The maximum absolute atomic E-state index is 12.4. The fourth-order valence-corrected chi connectivity index (χ4v) is 4.08. The van der Waals surface area contributed by atoms with Crippen LogP contribution in [0.4, 0.5) is 0 Å². The molecule has 1 aliphatic heterocycles. The third-order valence-electron chi connectivity index (χ3n) is 5.97. The molecule has 1 heterocycles. The van der Waals surface area contributed by atoms with Gasteiger partial charge >= 0.3 is 0 Å². The summed E-state index contributed by atoms with van der Waals surface area (Å²) in [5.74, 6) is 2.93. The van der Waals surface area contributed by atoms with Crippen LogP contribution in [0.2, 0.25) is 0 Å². The molecular formula is C25H34N2O4. The second-order valence-corrected chi connectivity index (χ2v) is 8.02. The number of amides is 1. The Morgan fingerprint density at radius 1 is 1.00 bits per heavy atom. The van der Waals surface area contributed by atoms with Crippen molar-refractivity contribution in [1.29, 1.82) is 0 Å². The van der Waals surface area contributed by atoms with E-state index in [1.165, 1.54) is 5.56 Å². The lowest BCUT2D eigenvalue weighted by Gasteiger charge is -2.32. The fourth-order valence-electron chi connectivity index (χ4n) is 4.08. The monoisotopic (exact) mass is 426 g/mol. The maximum atomic E-state index is 12.4. The quantitative estimate of drug-likeness (QED) is 0.628. The molecule has 6 nitrogen and oxygen atoms in total. The highest BCUT2D eigenvalue weighted by Crippen LogP contribution is 2.31. The molecule has 1 saturated heterocycles. The Hall–Kier alpha value is -2.73. The summed E-state index contributed by atoms with van der Waals surface area (Å²) in [7, 11) is 4.94. The number of rotatable bonds is 10. The largest absolute Gasteiger partial charge is 0.497 e. The van der Waals surface area contributed by atoms with Crippen LogP contribution in [0.5, 0.6) is 17.2 Å². The van der Waals surface area contributed by atoms with Crippen molar-refractivity contribution in [2.75, 3.05) is 41.0 Å². The highest BCUT2D eigenvalue weighted by molar-refractivity contribution is 5.76. The summed E-state index contributed by atoms with van der Waals surface area (Å²) < 4.78 is 16.0. The molecule has 3 rings (SSSR count). The maximum Gasteiger partial charge on any atom is 0.220 e. The van der Waals surface area contributed by atoms with Gasteiger partial charge in [0.25, 0.3) is 0 Å². The number of nitrogens with one attached hydrogen (secondary N) is 1. The van der Waals surface area contributed by atoms with E-state index in [9.17, 15) is 4.79 Å². The first kappa shape index (κ1) is 22.9. The lowest BCUT2D eigenvalue weighted by atomic mass is 9.96. The molecule has 6 heteroatoms. The van der Waals surface area contributed by atoms with E-state index in [2.05, 4.69) is 22.3 Å². The van der Waals surface area contributed by atoms with Gasteiger partial charge in [0, 0.05) is 19.5 Å². The summed E-state index contributed by atoms with van der Waals surface area (Å²) in [6.07, 6.45) is 3.30. The SMILES string of the molecule is COc1ccc(CN2CCC(CNC(=O)CCc3cccc(OC)c3OC)CC2)cc1. The smallest absolute Gasteiger partial charge is 0.220 e. The number of hydrogen-bond donors (Lipinski definition) is 1. The van der Waals surface area contributed by atoms with Gasteiger partial charge in [-0.3, -0.25) is 9.69 Å². The van der Waals surface area contributed by atoms with E-state index in [-0.39, 0.29) is 5.91 Å². The molecule has 0 radical (unpaired) electrons. The van der Waals surface area contributed by atoms with Crippen LogP contribution in [0.3, 0.4) is 0 Å². The highest BCUT2D eigenvalue weighted by Gasteiger charge is 2.20. The molecule has 2 aromatic carbocycles. The predicted octanol–water partition coefficient (Wildman–Crippen LogP) is 3.67. The van der Waals surface area contributed by atoms with Gasteiger partial charge in [0.05, 0.1) is 21.3 Å². The van der Waals surface area contributed by atoms with Gasteiger partial charge < -0.3 is 19.5 Å². The van der Waals surface area contributed by atoms with Crippen LogP contribution in [0.25, 0.3) is 0 Å². The van der Waals surface area contributed by atoms with Crippen molar-refractivity contribution < 1.29 is 19.0 Å². The molecule has 1 amide bonds. The van der Waals surface area contributed by atoms with Crippen LogP contribution in [-0.2, 0) is 17.8 Å². The van der Waals surface area contributed by atoms with Crippen molar-refractivity contribution in [1.82, 2.24) is 10.2 Å². The number of likely N-dealkylation sites (tertiary alicyclic amines) is 1. The van der Waals surface area contributed by atoms with Crippen LogP contribution in [0.1, 0.15) is 30.4 Å². The van der Waals surface area contributed by atoms with Crippen molar-refractivity contribution in [3.63, 3.8) is 0 Å². The Balaban J connectivity index is 1.37. The molecule has 168 valence electrons. The standard InChI is InChI=1S/C25H34N2O4/c1-29-22-10-7-20(8-11-22)18-27-15-13-19(14-16-27)17-26-24(28)12-9-21-5-4-6-23(30-2)25(21)31-3/h4-8,10-11,19H,9,12-18H2,1-3H3,(H,26,28). The third-order valence-corrected chi connectivity index (χ3v) is 5.97. The Bertz CT molecular complexity index is 830. The number of carbonyl (C=O) groups excluding carboxylic acids is 1. The van der Waals surface area contributed by atoms with Crippen molar-refractivity contribution >= 4 is 5.91 Å². The molecular weight excluding hydrogens is 392 g/mol. The molecule has 1 N–H and O–H groups in total. The second kappa shape index (κ2) is 11.6. The lowest BCUT2D eigenvalue weighted by Crippen LogP contribution is -2.38. The predicted molar refractivity (Wildman–Crippen MR) is 122 cm³/mol. The van der Waals surface area contributed by atoms with Crippen molar-refractivity contribution in [2.24, 2.45) is 5.92 Å². The lowest BCUT2D eigenvalue weighted by molar-refractivity contribution is -0.121. The highest BCUT2D eigenvalue weighted by atomic mass is 16.5. The summed E-state index contributed by atoms with van der Waals surface area (Å²) >= 11 is 0. The zero-order chi connectivity index (χ0) is 22.1. The number of methoxy groups -OCH3 is 3. The topological polar surface area (TPSA) is 60.0 Å². The molecule has 1 aliphatic rings. The van der Waals surface area contributed by atoms with E-state index < -0.39 is 0 Å². The number of benzene rings is 2. The van der Waals surface area contributed by atoms with E-state index in [1.807, 2.05) is 30.3 Å². The molecule has 0 saturated carbocycles. The first-order valence-corrected chi connectivity index (χ1v) is 10.9. The summed E-state index contributed by atoms with van der Waals surface area (Å²) in [4.78, 5) is 14.8. The van der Waals surface area contributed by atoms with Crippen LogP contribution < -0.4 is 19.5 Å². The minimum Gasteiger partial charge on any atom is -0.497 e. The molecule has 0 spiro atoms. The van der Waals surface area contributed by atoms with E-state index >= 15 is 0 Å². The fraction of sp³-hybridized carbons (Fsp3) is 0.480. The summed E-state index contributed by atoms with van der Waals surface area (Å²) in [6, 6.07) is 14.0. The van der Waals surface area contributed by atoms with E-state index in [4.69, 9.17) is 14.2 Å². The molecule has 0 aromatic heterocycles. The van der Waals surface area contributed by atoms with Gasteiger partial charge in [-0.05, 0) is 67.6 Å². The molecule has 1 fully saturated rings. The molecule has 31 heavy (non-hydrogen) atoms. The Kier molecular flexibility index (Phi) is 8.59. The van der Waals surface area contributed by atoms with Gasteiger partial charge in [0.1, 0.15) is 5.75 Å². The Labute approximate surface area is 185 Å². The van der Waals surface area contributed by atoms with E-state index in [1.54, 1.807) is 21.3 Å². The van der Waals surface area contributed by atoms with Gasteiger partial charge in [0.15, 0.2) is 11.5 Å². The summed E-state index contributed by atoms with van der Waals surface area (Å²) in [6.45, 7) is 3.84. The number of carbonyl (C=O) groups is 1. The third kappa shape index (κ3) is 6.62. The van der Waals surface area contributed by atoms with Gasteiger partial charge in [-0.1, -0.05) is 24.3 Å². The van der Waals surface area contributed by atoms with Crippen LogP contribution in [0.15, 0.2) is 42.5 Å². The molecule has 0 bridgehead atoms. The molecule has 0 atom stereocenters. The molecule has 2 aromatic rings. The second-order valence-electron chi connectivity index (χ2n) is 8.02. The first-order chi connectivity index (χ1) is 15.1. The van der Waals surface area contributed by atoms with Crippen LogP contribution in [0, 0.1) is 5.92 Å². The van der Waals surface area contributed by atoms with Crippen molar-refractivity contribution in [3.05, 3.63) is 53.6 Å². The van der Waals surface area contributed by atoms with Crippen molar-refractivity contribution in [2.45, 2.75) is 32.2 Å². The number of para-hydroxylation sites is 1. The summed E-state index contributed by atoms with van der Waals surface area (Å²) in [5, 5.41) is 3.12. The van der Waals surface area contributed by atoms with Gasteiger partial charge in [0.2, 0.25) is 5.91 Å². The minimum atomic E-state index is 0.0885.